The molecule has 1 saturated heterocycles. The summed E-state index contributed by atoms with van der Waals surface area (Å²) in [4.78, 5) is 19.7. The smallest absolute Gasteiger partial charge is 0.253 e. The van der Waals surface area contributed by atoms with Crippen LogP contribution in [0.15, 0.2) is 48.5 Å². The fourth-order valence-corrected chi connectivity index (χ4v) is 4.61. The Labute approximate surface area is 157 Å². The highest BCUT2D eigenvalue weighted by molar-refractivity contribution is 7.18. The standard InChI is InChI=1S/C21H22N2O2S/c1-25-14-15-8-10-16(11-9-15)21(24)23-12-4-5-17(13-23)20-22-18-6-2-3-7-19(18)26-20/h2-3,6-11,17H,4-5,12-14H2,1H3/t17-/m0/s1. The number of carbonyl (C=O) groups is 1. The van der Waals surface area contributed by atoms with Gasteiger partial charge in [-0.15, -0.1) is 11.3 Å². The zero-order valence-corrected chi connectivity index (χ0v) is 15.7. The third-order valence-electron chi connectivity index (χ3n) is 4.88. The third kappa shape index (κ3) is 3.50. The van der Waals surface area contributed by atoms with Crippen LogP contribution in [0, 0.1) is 0 Å². The average molecular weight is 366 g/mol. The molecule has 1 aromatic heterocycles. The molecule has 0 radical (unpaired) electrons. The Morgan fingerprint density at radius 2 is 2.04 bits per heavy atom. The monoisotopic (exact) mass is 366 g/mol. The summed E-state index contributed by atoms with van der Waals surface area (Å²) >= 11 is 1.76. The highest BCUT2D eigenvalue weighted by Gasteiger charge is 2.27. The summed E-state index contributed by atoms with van der Waals surface area (Å²) in [6, 6.07) is 16.0. The summed E-state index contributed by atoms with van der Waals surface area (Å²) in [7, 11) is 1.68. The van der Waals surface area contributed by atoms with E-state index in [1.165, 1.54) is 4.70 Å². The van der Waals surface area contributed by atoms with E-state index in [2.05, 4.69) is 12.1 Å². The SMILES string of the molecule is COCc1ccc(C(=O)N2CCC[C@H](c3nc4ccccc4s3)C2)cc1. The second-order valence-corrected chi connectivity index (χ2v) is 7.80. The Bertz CT molecular complexity index is 871. The highest BCUT2D eigenvalue weighted by Crippen LogP contribution is 2.33. The molecular formula is C21H22N2O2S. The van der Waals surface area contributed by atoms with Gasteiger partial charge in [0.15, 0.2) is 0 Å². The van der Waals surface area contributed by atoms with E-state index in [-0.39, 0.29) is 5.91 Å². The molecule has 2 aromatic carbocycles. The Hall–Kier alpha value is -2.24. The van der Waals surface area contributed by atoms with E-state index < -0.39 is 0 Å². The van der Waals surface area contributed by atoms with Crippen molar-refractivity contribution in [2.24, 2.45) is 0 Å². The first-order chi connectivity index (χ1) is 12.7. The Morgan fingerprint density at radius 1 is 1.23 bits per heavy atom. The molecule has 1 fully saturated rings. The first-order valence-corrected chi connectivity index (χ1v) is 9.79. The fourth-order valence-electron chi connectivity index (χ4n) is 3.52. The lowest BCUT2D eigenvalue weighted by Gasteiger charge is -2.32. The summed E-state index contributed by atoms with van der Waals surface area (Å²) in [6.45, 7) is 2.14. The highest BCUT2D eigenvalue weighted by atomic mass is 32.1. The Morgan fingerprint density at radius 3 is 2.81 bits per heavy atom. The number of thiazole rings is 1. The minimum absolute atomic E-state index is 0.111. The summed E-state index contributed by atoms with van der Waals surface area (Å²) in [5, 5.41) is 1.15. The van der Waals surface area contributed by atoms with E-state index in [9.17, 15) is 4.79 Å². The first-order valence-electron chi connectivity index (χ1n) is 8.97. The number of nitrogens with zero attached hydrogens (tertiary/aromatic N) is 2. The van der Waals surface area contributed by atoms with Gasteiger partial charge in [0.2, 0.25) is 0 Å². The van der Waals surface area contributed by atoms with E-state index >= 15 is 0 Å². The largest absolute Gasteiger partial charge is 0.380 e. The van der Waals surface area contributed by atoms with Gasteiger partial charge in [-0.05, 0) is 42.7 Å². The van der Waals surface area contributed by atoms with Crippen LogP contribution in [0.1, 0.15) is 39.7 Å². The van der Waals surface area contributed by atoms with Crippen molar-refractivity contribution in [3.8, 4) is 0 Å². The number of piperidine rings is 1. The van der Waals surface area contributed by atoms with E-state index in [4.69, 9.17) is 9.72 Å². The van der Waals surface area contributed by atoms with Gasteiger partial charge in [0.1, 0.15) is 0 Å². The Balaban J connectivity index is 1.49. The number of likely N-dealkylation sites (tertiary alicyclic amines) is 1. The van der Waals surface area contributed by atoms with Crippen molar-refractivity contribution in [3.05, 3.63) is 64.7 Å². The van der Waals surface area contributed by atoms with Crippen LogP contribution in [0.25, 0.3) is 10.2 Å². The molecule has 4 nitrogen and oxygen atoms in total. The molecule has 1 aliphatic rings. The van der Waals surface area contributed by atoms with Gasteiger partial charge in [0.05, 0.1) is 21.8 Å². The maximum Gasteiger partial charge on any atom is 0.253 e. The molecule has 1 atom stereocenters. The molecule has 1 aliphatic heterocycles. The number of amides is 1. The number of rotatable bonds is 4. The molecule has 5 heteroatoms. The second kappa shape index (κ2) is 7.56. The van der Waals surface area contributed by atoms with Crippen molar-refractivity contribution >= 4 is 27.5 Å². The van der Waals surface area contributed by atoms with Crippen LogP contribution in [0.2, 0.25) is 0 Å². The molecular weight excluding hydrogens is 344 g/mol. The molecule has 0 unspecified atom stereocenters. The van der Waals surface area contributed by atoms with Gasteiger partial charge in [0, 0.05) is 31.7 Å². The van der Waals surface area contributed by atoms with Gasteiger partial charge in [-0.25, -0.2) is 4.98 Å². The number of ether oxygens (including phenoxy) is 1. The van der Waals surface area contributed by atoms with E-state index in [1.807, 2.05) is 41.3 Å². The maximum atomic E-state index is 12.9. The van der Waals surface area contributed by atoms with Crippen LogP contribution in [-0.2, 0) is 11.3 Å². The van der Waals surface area contributed by atoms with Crippen LogP contribution in [0.4, 0.5) is 0 Å². The van der Waals surface area contributed by atoms with Crippen LogP contribution in [0.3, 0.4) is 0 Å². The number of carbonyl (C=O) groups excluding carboxylic acids is 1. The number of para-hydroxylation sites is 1. The van der Waals surface area contributed by atoms with Crippen molar-refractivity contribution in [2.45, 2.75) is 25.4 Å². The minimum Gasteiger partial charge on any atom is -0.380 e. The summed E-state index contributed by atoms with van der Waals surface area (Å²) in [6.07, 6.45) is 2.12. The molecule has 0 saturated carbocycles. The molecule has 0 bridgehead atoms. The molecule has 4 rings (SSSR count). The number of aromatic nitrogens is 1. The minimum atomic E-state index is 0.111. The van der Waals surface area contributed by atoms with Gasteiger partial charge in [0.25, 0.3) is 5.91 Å². The van der Waals surface area contributed by atoms with Gasteiger partial charge in [-0.3, -0.25) is 4.79 Å². The predicted molar refractivity (Wildman–Crippen MR) is 105 cm³/mol. The number of benzene rings is 2. The molecule has 0 aliphatic carbocycles. The zero-order chi connectivity index (χ0) is 17.9. The predicted octanol–water partition coefficient (Wildman–Crippen LogP) is 4.46. The average Bonchev–Trinajstić information content (AvgIpc) is 3.13. The molecule has 0 spiro atoms. The second-order valence-electron chi connectivity index (χ2n) is 6.74. The lowest BCUT2D eigenvalue weighted by atomic mass is 9.98. The van der Waals surface area contributed by atoms with Crippen molar-refractivity contribution in [2.75, 3.05) is 20.2 Å². The van der Waals surface area contributed by atoms with Crippen molar-refractivity contribution < 1.29 is 9.53 Å². The van der Waals surface area contributed by atoms with E-state index in [0.29, 0.717) is 12.5 Å². The van der Waals surface area contributed by atoms with Gasteiger partial charge in [-0.2, -0.15) is 0 Å². The maximum absolute atomic E-state index is 12.9. The molecule has 2 heterocycles. The lowest BCUT2D eigenvalue weighted by Crippen LogP contribution is -2.39. The lowest BCUT2D eigenvalue weighted by molar-refractivity contribution is 0.0707. The molecule has 1 amide bonds. The van der Waals surface area contributed by atoms with Crippen LogP contribution < -0.4 is 0 Å². The Kier molecular flexibility index (Phi) is 5.00. The van der Waals surface area contributed by atoms with Gasteiger partial charge in [-0.1, -0.05) is 24.3 Å². The van der Waals surface area contributed by atoms with Crippen LogP contribution in [0.5, 0.6) is 0 Å². The number of methoxy groups -OCH3 is 1. The molecule has 0 N–H and O–H groups in total. The van der Waals surface area contributed by atoms with Crippen molar-refractivity contribution in [1.82, 2.24) is 9.88 Å². The molecule has 26 heavy (non-hydrogen) atoms. The fraction of sp³-hybridized carbons (Fsp3) is 0.333. The van der Waals surface area contributed by atoms with Crippen LogP contribution >= 0.6 is 11.3 Å². The van der Waals surface area contributed by atoms with Gasteiger partial charge >= 0.3 is 0 Å². The normalized spacial score (nSPS) is 17.6. The summed E-state index contributed by atoms with van der Waals surface area (Å²) in [5.74, 6) is 0.442. The van der Waals surface area contributed by atoms with E-state index in [1.54, 1.807) is 18.4 Å². The third-order valence-corrected chi connectivity index (χ3v) is 6.08. The molecule has 3 aromatic rings. The topological polar surface area (TPSA) is 42.4 Å². The van der Waals surface area contributed by atoms with Crippen molar-refractivity contribution in [1.29, 1.82) is 0 Å². The quantitative estimate of drug-likeness (QED) is 0.684. The number of fused-ring (bicyclic) bond motifs is 1. The number of hydrogen-bond donors (Lipinski definition) is 0. The van der Waals surface area contributed by atoms with Crippen LogP contribution in [-0.4, -0.2) is 36.0 Å². The van der Waals surface area contributed by atoms with E-state index in [0.717, 1.165) is 47.6 Å². The summed E-state index contributed by atoms with van der Waals surface area (Å²) < 4.78 is 6.35. The van der Waals surface area contributed by atoms with Gasteiger partial charge < -0.3 is 9.64 Å². The molecule has 134 valence electrons. The number of hydrogen-bond acceptors (Lipinski definition) is 4. The van der Waals surface area contributed by atoms with Crippen molar-refractivity contribution in [3.63, 3.8) is 0 Å². The summed E-state index contributed by atoms with van der Waals surface area (Å²) in [5.41, 5.74) is 2.88. The first kappa shape index (κ1) is 17.2. The zero-order valence-electron chi connectivity index (χ0n) is 14.9.